The molecule has 0 radical (unpaired) electrons. The Morgan fingerprint density at radius 3 is 2.84 bits per heavy atom. The molecule has 132 valence electrons. The Morgan fingerprint density at radius 2 is 2.24 bits per heavy atom. The van der Waals surface area contributed by atoms with Crippen molar-refractivity contribution in [3.63, 3.8) is 0 Å². The van der Waals surface area contributed by atoms with Gasteiger partial charge >= 0.3 is 0 Å². The maximum atomic E-state index is 4.15. The van der Waals surface area contributed by atoms with Crippen molar-refractivity contribution in [1.82, 2.24) is 9.47 Å². The van der Waals surface area contributed by atoms with Crippen LogP contribution in [0.5, 0.6) is 0 Å². The lowest BCUT2D eigenvalue weighted by molar-refractivity contribution is 0.388. The lowest BCUT2D eigenvalue weighted by Crippen LogP contribution is -2.21. The first-order valence-corrected chi connectivity index (χ1v) is 9.38. The minimum atomic E-state index is 0.800. The number of aryl methyl sites for hydroxylation is 1. The van der Waals surface area contributed by atoms with E-state index in [4.69, 9.17) is 0 Å². The van der Waals surface area contributed by atoms with Crippen LogP contribution in [0.1, 0.15) is 26.0 Å². The van der Waals surface area contributed by atoms with E-state index in [-0.39, 0.29) is 0 Å². The monoisotopic (exact) mass is 353 g/mol. The molecule has 2 aromatic heterocycles. The van der Waals surface area contributed by atoms with Gasteiger partial charge in [0.25, 0.3) is 0 Å². The number of hydrogen-bond acceptors (Lipinski definition) is 3. The van der Waals surface area contributed by atoms with Crippen LogP contribution < -0.4 is 0 Å². The van der Waals surface area contributed by atoms with Gasteiger partial charge in [-0.05, 0) is 43.1 Å². The van der Waals surface area contributed by atoms with Crippen molar-refractivity contribution >= 4 is 28.3 Å². The van der Waals surface area contributed by atoms with E-state index in [1.165, 1.54) is 21.5 Å². The standard InChI is InChI=1S/C21H27N3S/c1-6-9-17(10-7-2)14-24(15-18(8-3)22-4)16-19-13-21-20(23(19)5)11-12-25-21/h6-7,9-13,15H,1,4,8,14,16H2,2-3,5H3/b10-7-,17-9+,18-15-. The molecule has 0 bridgehead atoms. The summed E-state index contributed by atoms with van der Waals surface area (Å²) in [4.78, 5) is 6.44. The third kappa shape index (κ3) is 4.83. The SMILES string of the molecule is C=C/C=C(\C=C/C)CN(/C=C(/CC)N=C)Cc1cc2sccc2n1C. The normalized spacial score (nSPS) is 12.9. The van der Waals surface area contributed by atoms with Gasteiger partial charge in [-0.2, -0.15) is 0 Å². The Bertz CT molecular complexity index is 817. The van der Waals surface area contributed by atoms with Crippen molar-refractivity contribution < 1.29 is 0 Å². The molecule has 0 aliphatic rings. The molecule has 4 heteroatoms. The fourth-order valence-electron chi connectivity index (χ4n) is 2.82. The molecule has 0 saturated heterocycles. The highest BCUT2D eigenvalue weighted by molar-refractivity contribution is 7.17. The third-order valence-electron chi connectivity index (χ3n) is 4.12. The van der Waals surface area contributed by atoms with Crippen molar-refractivity contribution in [2.24, 2.45) is 12.0 Å². The van der Waals surface area contributed by atoms with E-state index in [0.29, 0.717) is 0 Å². The van der Waals surface area contributed by atoms with Crippen LogP contribution in [-0.4, -0.2) is 22.7 Å². The molecule has 0 N–H and O–H groups in total. The molecular formula is C21H27N3S. The summed E-state index contributed by atoms with van der Waals surface area (Å²) in [5.41, 5.74) is 4.78. The molecule has 2 aromatic rings. The molecule has 0 saturated carbocycles. The Morgan fingerprint density at radius 1 is 1.44 bits per heavy atom. The van der Waals surface area contributed by atoms with Gasteiger partial charge in [0, 0.05) is 25.5 Å². The van der Waals surface area contributed by atoms with Crippen molar-refractivity contribution in [3.8, 4) is 0 Å². The lowest BCUT2D eigenvalue weighted by Gasteiger charge is -2.22. The second-order valence-corrected chi connectivity index (χ2v) is 6.83. The minimum Gasteiger partial charge on any atom is -0.366 e. The number of thiophene rings is 1. The number of nitrogens with zero attached hydrogens (tertiary/aromatic N) is 3. The highest BCUT2D eigenvalue weighted by Gasteiger charge is 2.11. The number of aliphatic imine (C=N–C) groups is 1. The van der Waals surface area contributed by atoms with Crippen molar-refractivity contribution in [3.05, 3.63) is 71.6 Å². The second kappa shape index (κ2) is 9.23. The molecule has 2 heterocycles. The van der Waals surface area contributed by atoms with Crippen molar-refractivity contribution in [1.29, 1.82) is 0 Å². The van der Waals surface area contributed by atoms with Crippen LogP contribution in [0.15, 0.2) is 70.9 Å². The topological polar surface area (TPSA) is 20.5 Å². The van der Waals surface area contributed by atoms with E-state index in [1.807, 2.05) is 13.0 Å². The first-order valence-electron chi connectivity index (χ1n) is 8.50. The number of hydrogen-bond donors (Lipinski definition) is 0. The largest absolute Gasteiger partial charge is 0.366 e. The smallest absolute Gasteiger partial charge is 0.0589 e. The zero-order valence-electron chi connectivity index (χ0n) is 15.4. The maximum Gasteiger partial charge on any atom is 0.0589 e. The summed E-state index contributed by atoms with van der Waals surface area (Å²) in [6, 6.07) is 4.45. The number of allylic oxidation sites excluding steroid dienone is 4. The predicted octanol–water partition coefficient (Wildman–Crippen LogP) is 5.68. The first-order chi connectivity index (χ1) is 12.1. The zero-order valence-corrected chi connectivity index (χ0v) is 16.2. The summed E-state index contributed by atoms with van der Waals surface area (Å²) in [6.07, 6.45) is 11.1. The summed E-state index contributed by atoms with van der Waals surface area (Å²) < 4.78 is 3.60. The Hall–Kier alpha value is -2.33. The van der Waals surface area contributed by atoms with Gasteiger partial charge in [-0.15, -0.1) is 11.3 Å². The lowest BCUT2D eigenvalue weighted by atomic mass is 10.2. The van der Waals surface area contributed by atoms with Gasteiger partial charge in [0.2, 0.25) is 0 Å². The van der Waals surface area contributed by atoms with Gasteiger partial charge < -0.3 is 9.47 Å². The Labute approximate surface area is 155 Å². The van der Waals surface area contributed by atoms with E-state index in [9.17, 15) is 0 Å². The van der Waals surface area contributed by atoms with Gasteiger partial charge in [0.15, 0.2) is 0 Å². The summed E-state index contributed by atoms with van der Waals surface area (Å²) in [7, 11) is 2.13. The van der Waals surface area contributed by atoms with Crippen LogP contribution in [0.4, 0.5) is 0 Å². The highest BCUT2D eigenvalue weighted by Crippen LogP contribution is 2.25. The van der Waals surface area contributed by atoms with Crippen LogP contribution in [-0.2, 0) is 13.6 Å². The number of aromatic nitrogens is 1. The van der Waals surface area contributed by atoms with Gasteiger partial charge in [-0.3, -0.25) is 4.99 Å². The third-order valence-corrected chi connectivity index (χ3v) is 4.98. The van der Waals surface area contributed by atoms with Crippen LogP contribution in [0.25, 0.3) is 10.2 Å². The molecule has 0 spiro atoms. The summed E-state index contributed by atoms with van der Waals surface area (Å²) in [6.45, 7) is 13.3. The Kier molecular flexibility index (Phi) is 7.02. The number of fused-ring (bicyclic) bond motifs is 1. The van der Waals surface area contributed by atoms with Crippen LogP contribution in [0.2, 0.25) is 0 Å². The predicted molar refractivity (Wildman–Crippen MR) is 112 cm³/mol. The quantitative estimate of drug-likeness (QED) is 0.419. The van der Waals surface area contributed by atoms with Gasteiger partial charge in [0.05, 0.1) is 22.5 Å². The summed E-state index contributed by atoms with van der Waals surface area (Å²) >= 11 is 1.78. The molecule has 2 rings (SSSR count). The molecular weight excluding hydrogens is 326 g/mol. The number of rotatable bonds is 9. The van der Waals surface area contributed by atoms with E-state index in [0.717, 1.165) is 25.2 Å². The molecule has 0 aliphatic heterocycles. The molecule has 0 fully saturated rings. The van der Waals surface area contributed by atoms with Gasteiger partial charge in [-0.1, -0.05) is 37.8 Å². The first kappa shape index (κ1) is 19.0. The second-order valence-electron chi connectivity index (χ2n) is 5.88. The van der Waals surface area contributed by atoms with E-state index < -0.39 is 0 Å². The van der Waals surface area contributed by atoms with Gasteiger partial charge in [0.1, 0.15) is 0 Å². The van der Waals surface area contributed by atoms with Crippen LogP contribution >= 0.6 is 11.3 Å². The van der Waals surface area contributed by atoms with Crippen LogP contribution in [0, 0.1) is 0 Å². The average Bonchev–Trinajstić information content (AvgIpc) is 3.16. The molecule has 0 amide bonds. The molecule has 0 aromatic carbocycles. The van der Waals surface area contributed by atoms with Crippen molar-refractivity contribution in [2.45, 2.75) is 26.8 Å². The van der Waals surface area contributed by atoms with Gasteiger partial charge in [-0.25, -0.2) is 0 Å². The highest BCUT2D eigenvalue weighted by atomic mass is 32.1. The molecule has 25 heavy (non-hydrogen) atoms. The summed E-state index contributed by atoms with van der Waals surface area (Å²) in [5.74, 6) is 0. The fourth-order valence-corrected chi connectivity index (χ4v) is 3.70. The summed E-state index contributed by atoms with van der Waals surface area (Å²) in [5, 5.41) is 2.14. The molecule has 0 atom stereocenters. The average molecular weight is 354 g/mol. The fraction of sp³-hybridized carbons (Fsp3) is 0.286. The molecule has 0 unspecified atom stereocenters. The van der Waals surface area contributed by atoms with E-state index in [1.54, 1.807) is 11.3 Å². The zero-order chi connectivity index (χ0) is 18.2. The van der Waals surface area contributed by atoms with Crippen LogP contribution in [0.3, 0.4) is 0 Å². The molecule has 3 nitrogen and oxygen atoms in total. The van der Waals surface area contributed by atoms with E-state index in [2.05, 4.69) is 83.7 Å². The maximum absolute atomic E-state index is 4.15. The van der Waals surface area contributed by atoms with E-state index >= 15 is 0 Å². The Balaban J connectivity index is 2.33. The minimum absolute atomic E-state index is 0.800. The van der Waals surface area contributed by atoms with Crippen molar-refractivity contribution in [2.75, 3.05) is 6.54 Å². The molecule has 0 aliphatic carbocycles.